The molecule has 0 spiro atoms. The van der Waals surface area contributed by atoms with Gasteiger partial charge in [0.1, 0.15) is 0 Å². The normalized spacial score (nSPS) is 24.9. The maximum atomic E-state index is 12.0. The van der Waals surface area contributed by atoms with Gasteiger partial charge in [0.25, 0.3) is 0 Å². The van der Waals surface area contributed by atoms with E-state index < -0.39 is 11.4 Å². The van der Waals surface area contributed by atoms with E-state index >= 15 is 0 Å². The lowest BCUT2D eigenvalue weighted by molar-refractivity contribution is 0.117. The minimum Gasteiger partial charge on any atom is -0.265 e. The maximum absolute atomic E-state index is 12.0. The van der Waals surface area contributed by atoms with Crippen molar-refractivity contribution >= 4 is 11.4 Å². The highest BCUT2D eigenvalue weighted by molar-refractivity contribution is 7.75. The van der Waals surface area contributed by atoms with Gasteiger partial charge in [-0.05, 0) is 25.7 Å². The molecular weight excluding hydrogens is 272 g/mol. The number of rotatable bonds is 4. The molecule has 4 heteroatoms. The summed E-state index contributed by atoms with van der Waals surface area (Å²) in [5.74, 6) is 0. The first kappa shape index (κ1) is 16.4. The van der Waals surface area contributed by atoms with Crippen molar-refractivity contribution < 1.29 is 12.6 Å². The summed E-state index contributed by atoms with van der Waals surface area (Å²) in [5.41, 5.74) is 0. The molecule has 0 aromatic heterocycles. The molecule has 118 valence electrons. The van der Waals surface area contributed by atoms with Crippen LogP contribution in [0.2, 0.25) is 0 Å². The van der Waals surface area contributed by atoms with Gasteiger partial charge in [-0.1, -0.05) is 64.2 Å². The van der Waals surface area contributed by atoms with Gasteiger partial charge in [0.15, 0.2) is 0 Å². The van der Waals surface area contributed by atoms with E-state index in [4.69, 9.17) is 8.37 Å². The van der Waals surface area contributed by atoms with E-state index in [9.17, 15) is 4.21 Å². The summed E-state index contributed by atoms with van der Waals surface area (Å²) >= 11 is -1.54. The van der Waals surface area contributed by atoms with Crippen LogP contribution in [0.25, 0.3) is 0 Å². The Bertz CT molecular complexity index is 241. The smallest absolute Gasteiger partial charge is 0.265 e. The highest BCUT2D eigenvalue weighted by Gasteiger charge is 2.20. The van der Waals surface area contributed by atoms with E-state index in [1.807, 2.05) is 0 Å². The predicted molar refractivity (Wildman–Crippen MR) is 82.5 cm³/mol. The van der Waals surface area contributed by atoms with E-state index in [-0.39, 0.29) is 12.2 Å². The van der Waals surface area contributed by atoms with Crippen LogP contribution in [0, 0.1) is 0 Å². The molecule has 2 saturated carbocycles. The van der Waals surface area contributed by atoms with Crippen molar-refractivity contribution in [2.75, 3.05) is 0 Å². The summed E-state index contributed by atoms with van der Waals surface area (Å²) in [4.78, 5) is 0. The van der Waals surface area contributed by atoms with E-state index in [0.29, 0.717) is 0 Å². The summed E-state index contributed by atoms with van der Waals surface area (Å²) in [6, 6.07) is 0. The summed E-state index contributed by atoms with van der Waals surface area (Å²) < 4.78 is 23.3. The summed E-state index contributed by atoms with van der Waals surface area (Å²) in [6.07, 6.45) is 17.1. The summed E-state index contributed by atoms with van der Waals surface area (Å²) in [5, 5.41) is 0. The fraction of sp³-hybridized carbons (Fsp3) is 1.00. The van der Waals surface area contributed by atoms with E-state index in [1.54, 1.807) is 0 Å². The third-order valence-corrected chi connectivity index (χ3v) is 5.39. The number of hydrogen-bond acceptors (Lipinski definition) is 3. The van der Waals surface area contributed by atoms with E-state index in [2.05, 4.69) is 0 Å². The summed E-state index contributed by atoms with van der Waals surface area (Å²) in [7, 11) is 0. The Morgan fingerprint density at radius 1 is 0.550 bits per heavy atom. The Labute approximate surface area is 126 Å². The van der Waals surface area contributed by atoms with Gasteiger partial charge in [-0.25, -0.2) is 0 Å². The molecule has 0 aromatic rings. The van der Waals surface area contributed by atoms with Gasteiger partial charge in [-0.3, -0.25) is 8.37 Å². The van der Waals surface area contributed by atoms with Crippen LogP contribution in [0.1, 0.15) is 89.9 Å². The highest BCUT2D eigenvalue weighted by atomic mass is 32.2. The zero-order valence-electron chi connectivity index (χ0n) is 12.7. The first-order valence-electron chi connectivity index (χ1n) is 8.60. The molecule has 2 aliphatic rings. The molecule has 0 aliphatic heterocycles. The lowest BCUT2D eigenvalue weighted by atomic mass is 9.99. The molecule has 2 aliphatic carbocycles. The fourth-order valence-electron chi connectivity index (χ4n) is 3.27. The Morgan fingerprint density at radius 3 is 1.20 bits per heavy atom. The van der Waals surface area contributed by atoms with Crippen LogP contribution < -0.4 is 0 Å². The molecule has 0 atom stereocenters. The Morgan fingerprint density at radius 2 is 0.850 bits per heavy atom. The molecule has 2 fully saturated rings. The zero-order valence-corrected chi connectivity index (χ0v) is 13.5. The van der Waals surface area contributed by atoms with Gasteiger partial charge < -0.3 is 0 Å². The number of hydrogen-bond donors (Lipinski definition) is 0. The second kappa shape index (κ2) is 9.91. The molecule has 0 aromatic carbocycles. The fourth-order valence-corrected chi connectivity index (χ4v) is 4.15. The van der Waals surface area contributed by atoms with Crippen molar-refractivity contribution in [2.45, 2.75) is 102 Å². The molecular formula is C16H30O3S. The second-order valence-corrected chi connectivity index (χ2v) is 7.12. The van der Waals surface area contributed by atoms with Gasteiger partial charge in [-0.2, -0.15) is 4.21 Å². The summed E-state index contributed by atoms with van der Waals surface area (Å²) in [6.45, 7) is 0. The Hall–Kier alpha value is 0.0700. The molecule has 0 unspecified atom stereocenters. The van der Waals surface area contributed by atoms with Gasteiger partial charge in [-0.15, -0.1) is 0 Å². The molecule has 0 amide bonds. The van der Waals surface area contributed by atoms with Crippen molar-refractivity contribution in [3.05, 3.63) is 0 Å². The van der Waals surface area contributed by atoms with Crippen LogP contribution in [0.5, 0.6) is 0 Å². The highest BCUT2D eigenvalue weighted by Crippen LogP contribution is 2.23. The maximum Gasteiger partial charge on any atom is 0.305 e. The van der Waals surface area contributed by atoms with Crippen LogP contribution in [0.4, 0.5) is 0 Å². The standard InChI is InChI=1S/C16H30O3S/c17-20(18-15-11-7-3-1-4-8-12-15)19-16-13-9-5-2-6-10-14-16/h15-16H,1-14H2. The minimum absolute atomic E-state index is 0.143. The van der Waals surface area contributed by atoms with Crippen molar-refractivity contribution in [3.8, 4) is 0 Å². The molecule has 2 rings (SSSR count). The molecule has 20 heavy (non-hydrogen) atoms. The second-order valence-electron chi connectivity index (χ2n) is 6.33. The first-order chi connectivity index (χ1) is 9.84. The van der Waals surface area contributed by atoms with Gasteiger partial charge in [0.2, 0.25) is 0 Å². The molecule has 0 heterocycles. The van der Waals surface area contributed by atoms with Gasteiger partial charge in [0.05, 0.1) is 12.2 Å². The van der Waals surface area contributed by atoms with Crippen molar-refractivity contribution in [2.24, 2.45) is 0 Å². The van der Waals surface area contributed by atoms with Crippen LogP contribution in [0.3, 0.4) is 0 Å². The van der Waals surface area contributed by atoms with Gasteiger partial charge >= 0.3 is 11.4 Å². The van der Waals surface area contributed by atoms with Crippen molar-refractivity contribution in [1.82, 2.24) is 0 Å². The van der Waals surface area contributed by atoms with E-state index in [0.717, 1.165) is 25.7 Å². The average Bonchev–Trinajstić information content (AvgIpc) is 2.35. The molecule has 0 radical (unpaired) electrons. The zero-order chi connectivity index (χ0) is 14.0. The molecule has 3 nitrogen and oxygen atoms in total. The lowest BCUT2D eigenvalue weighted by Gasteiger charge is -2.22. The van der Waals surface area contributed by atoms with E-state index in [1.165, 1.54) is 64.2 Å². The van der Waals surface area contributed by atoms with Crippen LogP contribution in [0.15, 0.2) is 0 Å². The Balaban J connectivity index is 1.69. The molecule has 0 saturated heterocycles. The quantitative estimate of drug-likeness (QED) is 0.746. The third-order valence-electron chi connectivity index (χ3n) is 4.53. The lowest BCUT2D eigenvalue weighted by Crippen LogP contribution is -2.22. The molecule has 0 N–H and O–H groups in total. The monoisotopic (exact) mass is 302 g/mol. The van der Waals surface area contributed by atoms with Crippen LogP contribution in [-0.2, 0) is 19.7 Å². The predicted octanol–water partition coefficient (Wildman–Crippen LogP) is 4.82. The van der Waals surface area contributed by atoms with Crippen LogP contribution in [-0.4, -0.2) is 16.4 Å². The SMILES string of the molecule is O=S(OC1CCCCCCC1)OC1CCCCCCC1. The molecule has 0 bridgehead atoms. The van der Waals surface area contributed by atoms with Crippen LogP contribution >= 0.6 is 0 Å². The third kappa shape index (κ3) is 6.68. The minimum atomic E-state index is -1.54. The first-order valence-corrected chi connectivity index (χ1v) is 9.60. The largest absolute Gasteiger partial charge is 0.305 e. The Kier molecular flexibility index (Phi) is 8.14. The topological polar surface area (TPSA) is 35.5 Å². The average molecular weight is 302 g/mol. The van der Waals surface area contributed by atoms with Crippen molar-refractivity contribution in [3.63, 3.8) is 0 Å². The van der Waals surface area contributed by atoms with Crippen molar-refractivity contribution in [1.29, 1.82) is 0 Å². The van der Waals surface area contributed by atoms with Gasteiger partial charge in [0, 0.05) is 0 Å².